The summed E-state index contributed by atoms with van der Waals surface area (Å²) >= 11 is 0. The fourth-order valence-corrected chi connectivity index (χ4v) is 2.97. The van der Waals surface area contributed by atoms with Gasteiger partial charge in [0.05, 0.1) is 13.0 Å². The van der Waals surface area contributed by atoms with E-state index in [1.807, 2.05) is 6.07 Å². The van der Waals surface area contributed by atoms with Gasteiger partial charge in [0.2, 0.25) is 17.3 Å². The van der Waals surface area contributed by atoms with Crippen LogP contribution in [0.15, 0.2) is 39.3 Å². The van der Waals surface area contributed by atoms with Gasteiger partial charge in [0.25, 0.3) is 0 Å². The van der Waals surface area contributed by atoms with Crippen molar-refractivity contribution < 1.29 is 32.0 Å². The zero-order valence-electron chi connectivity index (χ0n) is 14.2. The second-order valence-corrected chi connectivity index (χ2v) is 6.38. The summed E-state index contributed by atoms with van der Waals surface area (Å²) in [6, 6.07) is 7.69. The van der Waals surface area contributed by atoms with Crippen LogP contribution in [0.5, 0.6) is 5.75 Å². The molecule has 142 valence electrons. The van der Waals surface area contributed by atoms with Gasteiger partial charge in [-0.05, 0) is 42.8 Å². The van der Waals surface area contributed by atoms with Crippen molar-refractivity contribution in [2.24, 2.45) is 0 Å². The molecular formula is C18H15F3N2O4. The van der Waals surface area contributed by atoms with Crippen molar-refractivity contribution in [1.82, 2.24) is 10.1 Å². The predicted octanol–water partition coefficient (Wildman–Crippen LogP) is 3.57. The van der Waals surface area contributed by atoms with Gasteiger partial charge in [-0.15, -0.1) is 0 Å². The van der Waals surface area contributed by atoms with E-state index >= 15 is 0 Å². The number of alkyl halides is 3. The summed E-state index contributed by atoms with van der Waals surface area (Å²) in [6.45, 7) is 2.07. The number of rotatable bonds is 4. The lowest BCUT2D eigenvalue weighted by atomic mass is 9.95. The Morgan fingerprint density at radius 3 is 2.70 bits per heavy atom. The molecular weight excluding hydrogens is 365 g/mol. The molecule has 0 spiro atoms. The minimum atomic E-state index is -4.99. The van der Waals surface area contributed by atoms with Crippen LogP contribution in [0.2, 0.25) is 0 Å². The molecule has 27 heavy (non-hydrogen) atoms. The van der Waals surface area contributed by atoms with Crippen LogP contribution in [-0.2, 0) is 18.4 Å². The summed E-state index contributed by atoms with van der Waals surface area (Å²) < 4.78 is 56.0. The smallest absolute Gasteiger partial charge is 0.425 e. The first-order valence-electron chi connectivity index (χ1n) is 8.21. The zero-order chi connectivity index (χ0) is 19.2. The third kappa shape index (κ3) is 3.08. The quantitative estimate of drug-likeness (QED) is 0.745. The highest BCUT2D eigenvalue weighted by atomic mass is 19.4. The Kier molecular flexibility index (Phi) is 3.99. The number of ether oxygens (including phenoxy) is 1. The molecule has 0 radical (unpaired) electrons. The molecule has 1 aliphatic rings. The second-order valence-electron chi connectivity index (χ2n) is 6.38. The van der Waals surface area contributed by atoms with E-state index in [1.165, 1.54) is 13.0 Å². The highest BCUT2D eigenvalue weighted by molar-refractivity contribution is 5.59. The molecule has 0 unspecified atom stereocenters. The van der Waals surface area contributed by atoms with E-state index in [9.17, 15) is 18.3 Å². The van der Waals surface area contributed by atoms with Crippen LogP contribution >= 0.6 is 0 Å². The maximum absolute atomic E-state index is 13.6. The fourth-order valence-electron chi connectivity index (χ4n) is 2.97. The molecule has 1 atom stereocenters. The number of fused-ring (bicyclic) bond motifs is 1. The molecule has 0 saturated carbocycles. The standard InChI is InChI=1S/C18H15F3N2O4/c1-10-2-5-14(26-10)17(24,18(19,20)21)9-15-22-16(23-27-15)12-3-4-13-11(8-12)6-7-25-13/h2-5,8,24H,6-7,9H2,1H3/t17-/m1/s1. The van der Waals surface area contributed by atoms with Gasteiger partial charge in [0, 0.05) is 12.0 Å². The number of hydrogen-bond donors (Lipinski definition) is 1. The third-order valence-corrected chi connectivity index (χ3v) is 4.44. The third-order valence-electron chi connectivity index (χ3n) is 4.44. The van der Waals surface area contributed by atoms with Crippen LogP contribution in [0.25, 0.3) is 11.4 Å². The molecule has 3 aromatic rings. The summed E-state index contributed by atoms with van der Waals surface area (Å²) in [4.78, 5) is 4.02. The molecule has 3 heterocycles. The average molecular weight is 380 g/mol. The molecule has 0 saturated heterocycles. The first kappa shape index (κ1) is 17.6. The fraction of sp³-hybridized carbons (Fsp3) is 0.333. The Balaban J connectivity index is 1.64. The van der Waals surface area contributed by atoms with Crippen LogP contribution in [0.4, 0.5) is 13.2 Å². The molecule has 4 rings (SSSR count). The number of aryl methyl sites for hydroxylation is 1. The Labute approximate surface area is 151 Å². The Hall–Kier alpha value is -2.81. The maximum Gasteiger partial charge on any atom is 0.425 e. The van der Waals surface area contributed by atoms with Crippen LogP contribution < -0.4 is 4.74 Å². The SMILES string of the molecule is Cc1ccc([C@](O)(Cc2nc(-c3ccc4c(c3)CCO4)no2)C(F)(F)F)o1. The van der Waals surface area contributed by atoms with Crippen molar-refractivity contribution in [1.29, 1.82) is 0 Å². The summed E-state index contributed by atoms with van der Waals surface area (Å²) in [7, 11) is 0. The van der Waals surface area contributed by atoms with Crippen molar-refractivity contribution in [2.45, 2.75) is 31.5 Å². The molecule has 0 bridgehead atoms. The predicted molar refractivity (Wildman–Crippen MR) is 86.0 cm³/mol. The van der Waals surface area contributed by atoms with Gasteiger partial charge in [-0.25, -0.2) is 0 Å². The summed E-state index contributed by atoms with van der Waals surface area (Å²) in [6.07, 6.45) is -5.21. The van der Waals surface area contributed by atoms with Crippen molar-refractivity contribution in [3.05, 3.63) is 53.3 Å². The van der Waals surface area contributed by atoms with Gasteiger partial charge in [-0.2, -0.15) is 18.2 Å². The van der Waals surface area contributed by atoms with Crippen molar-refractivity contribution >= 4 is 0 Å². The van der Waals surface area contributed by atoms with Gasteiger partial charge in [-0.1, -0.05) is 5.16 Å². The number of halogens is 3. The Morgan fingerprint density at radius 2 is 2.00 bits per heavy atom. The number of aromatic nitrogens is 2. The first-order valence-corrected chi connectivity index (χ1v) is 8.21. The number of aliphatic hydroxyl groups is 1. The molecule has 1 N–H and O–H groups in total. The molecule has 1 aromatic carbocycles. The Morgan fingerprint density at radius 1 is 1.19 bits per heavy atom. The van der Waals surface area contributed by atoms with E-state index in [0.717, 1.165) is 23.8 Å². The van der Waals surface area contributed by atoms with Crippen LogP contribution in [-0.4, -0.2) is 28.0 Å². The number of furan rings is 1. The summed E-state index contributed by atoms with van der Waals surface area (Å²) in [5, 5.41) is 14.1. The highest BCUT2D eigenvalue weighted by Gasteiger charge is 2.58. The van der Waals surface area contributed by atoms with Gasteiger partial charge in [-0.3, -0.25) is 0 Å². The lowest BCUT2D eigenvalue weighted by molar-refractivity contribution is -0.273. The molecule has 6 nitrogen and oxygen atoms in total. The minimum absolute atomic E-state index is 0.139. The minimum Gasteiger partial charge on any atom is -0.493 e. The van der Waals surface area contributed by atoms with Gasteiger partial charge in [0.1, 0.15) is 17.3 Å². The van der Waals surface area contributed by atoms with E-state index in [-0.39, 0.29) is 17.5 Å². The number of hydrogen-bond acceptors (Lipinski definition) is 6. The topological polar surface area (TPSA) is 81.5 Å². The molecule has 1 aliphatic heterocycles. The van der Waals surface area contributed by atoms with E-state index in [2.05, 4.69) is 10.1 Å². The van der Waals surface area contributed by atoms with E-state index in [0.29, 0.717) is 12.2 Å². The normalized spacial score (nSPS) is 16.0. The van der Waals surface area contributed by atoms with Crippen LogP contribution in [0.1, 0.15) is 23.0 Å². The maximum atomic E-state index is 13.6. The summed E-state index contributed by atoms with van der Waals surface area (Å²) in [5.41, 5.74) is -1.70. The summed E-state index contributed by atoms with van der Waals surface area (Å²) in [5.74, 6) is 0.179. The Bertz CT molecular complexity index is 979. The van der Waals surface area contributed by atoms with Gasteiger partial charge < -0.3 is 18.8 Å². The first-order chi connectivity index (χ1) is 12.8. The molecule has 0 amide bonds. The van der Waals surface area contributed by atoms with Crippen molar-refractivity contribution in [2.75, 3.05) is 6.61 Å². The van der Waals surface area contributed by atoms with E-state index in [4.69, 9.17) is 13.7 Å². The molecule has 0 fully saturated rings. The zero-order valence-corrected chi connectivity index (χ0v) is 14.2. The average Bonchev–Trinajstić information content (AvgIpc) is 3.33. The molecule has 2 aromatic heterocycles. The molecule has 0 aliphatic carbocycles. The van der Waals surface area contributed by atoms with E-state index < -0.39 is 24.0 Å². The largest absolute Gasteiger partial charge is 0.493 e. The number of nitrogens with zero attached hydrogens (tertiary/aromatic N) is 2. The van der Waals surface area contributed by atoms with Crippen LogP contribution in [0.3, 0.4) is 0 Å². The lowest BCUT2D eigenvalue weighted by Crippen LogP contribution is -2.44. The number of benzene rings is 1. The van der Waals surface area contributed by atoms with Gasteiger partial charge >= 0.3 is 6.18 Å². The highest BCUT2D eigenvalue weighted by Crippen LogP contribution is 2.42. The second kappa shape index (κ2) is 6.12. The van der Waals surface area contributed by atoms with E-state index in [1.54, 1.807) is 12.1 Å². The molecule has 9 heteroatoms. The van der Waals surface area contributed by atoms with Crippen LogP contribution in [0, 0.1) is 6.92 Å². The van der Waals surface area contributed by atoms with Gasteiger partial charge in [0.15, 0.2) is 0 Å². The van der Waals surface area contributed by atoms with Crippen molar-refractivity contribution in [3.8, 4) is 17.1 Å². The monoisotopic (exact) mass is 380 g/mol. The lowest BCUT2D eigenvalue weighted by Gasteiger charge is -2.27. The van der Waals surface area contributed by atoms with Crippen molar-refractivity contribution in [3.63, 3.8) is 0 Å².